The minimum Gasteiger partial charge on any atom is -0.0888 e. The van der Waals surface area contributed by atoms with E-state index in [1.165, 1.54) is 25.7 Å². The van der Waals surface area contributed by atoms with Gasteiger partial charge in [0.05, 0.1) is 0 Å². The molecule has 0 bridgehead atoms. The van der Waals surface area contributed by atoms with Gasteiger partial charge in [-0.25, -0.2) is 0 Å². The summed E-state index contributed by atoms with van der Waals surface area (Å²) >= 11 is 3.74. The Morgan fingerprint density at radius 1 is 1.10 bits per heavy atom. The third-order valence-electron chi connectivity index (χ3n) is 3.25. The Kier molecular flexibility index (Phi) is 1.79. The molecule has 3 atom stereocenters. The maximum atomic E-state index is 3.74. The zero-order valence-corrected chi connectivity index (χ0v) is 8.10. The van der Waals surface area contributed by atoms with Gasteiger partial charge in [0.1, 0.15) is 0 Å². The lowest BCUT2D eigenvalue weighted by molar-refractivity contribution is 0.376. The predicted molar refractivity (Wildman–Crippen MR) is 47.3 cm³/mol. The molecule has 3 unspecified atom stereocenters. The van der Waals surface area contributed by atoms with Crippen molar-refractivity contribution >= 4 is 15.9 Å². The van der Waals surface area contributed by atoms with Crippen LogP contribution in [0.4, 0.5) is 0 Å². The van der Waals surface area contributed by atoms with Crippen molar-refractivity contribution in [3.05, 3.63) is 0 Å². The second kappa shape index (κ2) is 2.51. The number of hydrogen-bond donors (Lipinski definition) is 0. The van der Waals surface area contributed by atoms with Gasteiger partial charge < -0.3 is 0 Å². The van der Waals surface area contributed by atoms with E-state index in [2.05, 4.69) is 22.9 Å². The summed E-state index contributed by atoms with van der Waals surface area (Å²) < 4.78 is 0. The molecule has 0 radical (unpaired) electrons. The van der Waals surface area contributed by atoms with E-state index in [9.17, 15) is 0 Å². The van der Waals surface area contributed by atoms with E-state index in [0.29, 0.717) is 0 Å². The van der Waals surface area contributed by atoms with E-state index < -0.39 is 0 Å². The van der Waals surface area contributed by atoms with Crippen LogP contribution >= 0.6 is 15.9 Å². The second-order valence-electron chi connectivity index (χ2n) is 3.95. The molecule has 2 rings (SSSR count). The number of alkyl halides is 1. The largest absolute Gasteiger partial charge is 0.0888 e. The number of hydrogen-bond acceptors (Lipinski definition) is 0. The summed E-state index contributed by atoms with van der Waals surface area (Å²) in [6.07, 6.45) is 5.95. The Bertz CT molecular complexity index is 129. The highest BCUT2D eigenvalue weighted by Gasteiger charge is 2.40. The molecule has 2 saturated carbocycles. The Hall–Kier alpha value is 0.480. The first kappa shape index (κ1) is 7.15. The van der Waals surface area contributed by atoms with Gasteiger partial charge in [0.2, 0.25) is 0 Å². The van der Waals surface area contributed by atoms with Crippen molar-refractivity contribution < 1.29 is 0 Å². The molecular weight excluding hydrogens is 188 g/mol. The molecule has 1 heteroatoms. The first-order valence-corrected chi connectivity index (χ1v) is 5.34. The monoisotopic (exact) mass is 202 g/mol. The minimum absolute atomic E-state index is 0.832. The lowest BCUT2D eigenvalue weighted by Gasteiger charge is -2.15. The van der Waals surface area contributed by atoms with Gasteiger partial charge in [0.25, 0.3) is 0 Å². The highest BCUT2D eigenvalue weighted by atomic mass is 79.9. The third-order valence-corrected chi connectivity index (χ3v) is 4.54. The van der Waals surface area contributed by atoms with Crippen molar-refractivity contribution in [3.63, 3.8) is 0 Å². The van der Waals surface area contributed by atoms with Crippen LogP contribution in [-0.2, 0) is 0 Å². The molecule has 2 aliphatic rings. The highest BCUT2D eigenvalue weighted by Crippen LogP contribution is 2.49. The highest BCUT2D eigenvalue weighted by molar-refractivity contribution is 9.09. The number of halogens is 1. The Balaban J connectivity index is 1.96. The minimum atomic E-state index is 0.832. The van der Waals surface area contributed by atoms with Crippen LogP contribution in [0, 0.1) is 17.8 Å². The van der Waals surface area contributed by atoms with E-state index in [4.69, 9.17) is 0 Å². The molecule has 10 heavy (non-hydrogen) atoms. The lowest BCUT2D eigenvalue weighted by Crippen LogP contribution is -2.11. The zero-order valence-electron chi connectivity index (χ0n) is 6.52. The normalized spacial score (nSPS) is 48.0. The summed E-state index contributed by atoms with van der Waals surface area (Å²) in [7, 11) is 0. The Morgan fingerprint density at radius 3 is 2.20 bits per heavy atom. The van der Waals surface area contributed by atoms with E-state index in [0.717, 1.165) is 22.6 Å². The van der Waals surface area contributed by atoms with Gasteiger partial charge in [-0.15, -0.1) is 0 Å². The molecule has 0 amide bonds. The molecule has 0 N–H and O–H groups in total. The molecule has 2 aliphatic carbocycles. The van der Waals surface area contributed by atoms with E-state index >= 15 is 0 Å². The zero-order chi connectivity index (χ0) is 7.14. The van der Waals surface area contributed by atoms with Gasteiger partial charge >= 0.3 is 0 Å². The van der Waals surface area contributed by atoms with Crippen LogP contribution in [0.2, 0.25) is 0 Å². The van der Waals surface area contributed by atoms with Gasteiger partial charge in [-0.2, -0.15) is 0 Å². The standard InChI is InChI=1S/C9H15Br/c1-6-8(7-2-3-7)4-5-9(6)10/h6-9H,2-5H2,1H3. The Morgan fingerprint density at radius 2 is 1.80 bits per heavy atom. The van der Waals surface area contributed by atoms with E-state index in [1.54, 1.807) is 0 Å². The summed E-state index contributed by atoms with van der Waals surface area (Å²) in [6.45, 7) is 2.41. The SMILES string of the molecule is CC1C(Br)CCC1C1CC1. The number of rotatable bonds is 1. The van der Waals surface area contributed by atoms with Gasteiger partial charge in [-0.3, -0.25) is 0 Å². The van der Waals surface area contributed by atoms with Gasteiger partial charge in [-0.1, -0.05) is 22.9 Å². The molecule has 58 valence electrons. The van der Waals surface area contributed by atoms with Crippen LogP contribution < -0.4 is 0 Å². The van der Waals surface area contributed by atoms with E-state index in [-0.39, 0.29) is 0 Å². The van der Waals surface area contributed by atoms with Crippen molar-refractivity contribution in [2.24, 2.45) is 17.8 Å². The fourth-order valence-electron chi connectivity index (χ4n) is 2.34. The lowest BCUT2D eigenvalue weighted by atomic mass is 9.93. The first-order chi connectivity index (χ1) is 4.79. The summed E-state index contributed by atoms with van der Waals surface area (Å²) in [5.74, 6) is 3.15. The van der Waals surface area contributed by atoms with Crippen molar-refractivity contribution in [1.29, 1.82) is 0 Å². The average Bonchev–Trinajstić information content (AvgIpc) is 2.67. The fourth-order valence-corrected chi connectivity index (χ4v) is 2.99. The van der Waals surface area contributed by atoms with Crippen LogP contribution in [0.1, 0.15) is 32.6 Å². The van der Waals surface area contributed by atoms with Gasteiger partial charge in [-0.05, 0) is 43.4 Å². The predicted octanol–water partition coefficient (Wildman–Crippen LogP) is 3.21. The molecule has 2 fully saturated rings. The first-order valence-electron chi connectivity index (χ1n) is 4.43. The molecular formula is C9H15Br. The topological polar surface area (TPSA) is 0 Å². The van der Waals surface area contributed by atoms with Gasteiger partial charge in [0, 0.05) is 4.83 Å². The van der Waals surface area contributed by atoms with Crippen molar-refractivity contribution in [2.75, 3.05) is 0 Å². The maximum absolute atomic E-state index is 3.74. The Labute approximate surface area is 71.5 Å². The summed E-state index contributed by atoms with van der Waals surface area (Å²) in [6, 6.07) is 0. The van der Waals surface area contributed by atoms with Crippen molar-refractivity contribution in [1.82, 2.24) is 0 Å². The third kappa shape index (κ3) is 1.13. The smallest absolute Gasteiger partial charge is 0.0174 e. The van der Waals surface area contributed by atoms with Crippen LogP contribution in [0.15, 0.2) is 0 Å². The molecule has 0 saturated heterocycles. The maximum Gasteiger partial charge on any atom is 0.0174 e. The molecule has 0 aromatic heterocycles. The molecule has 0 nitrogen and oxygen atoms in total. The van der Waals surface area contributed by atoms with E-state index in [1.807, 2.05) is 0 Å². The quantitative estimate of drug-likeness (QED) is 0.574. The van der Waals surface area contributed by atoms with Crippen LogP contribution in [0.5, 0.6) is 0 Å². The average molecular weight is 203 g/mol. The molecule has 0 spiro atoms. The second-order valence-corrected chi connectivity index (χ2v) is 5.13. The summed E-state index contributed by atoms with van der Waals surface area (Å²) in [4.78, 5) is 0.832. The molecule has 0 aromatic rings. The summed E-state index contributed by atoms with van der Waals surface area (Å²) in [5, 5.41) is 0. The van der Waals surface area contributed by atoms with Crippen molar-refractivity contribution in [3.8, 4) is 0 Å². The van der Waals surface area contributed by atoms with Crippen molar-refractivity contribution in [2.45, 2.75) is 37.4 Å². The van der Waals surface area contributed by atoms with Gasteiger partial charge in [0.15, 0.2) is 0 Å². The van der Waals surface area contributed by atoms with Crippen LogP contribution in [0.25, 0.3) is 0 Å². The summed E-state index contributed by atoms with van der Waals surface area (Å²) in [5.41, 5.74) is 0. The van der Waals surface area contributed by atoms with Crippen LogP contribution in [0.3, 0.4) is 0 Å². The molecule has 0 aliphatic heterocycles. The fraction of sp³-hybridized carbons (Fsp3) is 1.00. The molecule has 0 aromatic carbocycles. The van der Waals surface area contributed by atoms with Crippen LogP contribution in [-0.4, -0.2) is 4.83 Å². The molecule has 0 heterocycles.